The summed E-state index contributed by atoms with van der Waals surface area (Å²) in [5.74, 6) is -0.766. The van der Waals surface area contributed by atoms with Gasteiger partial charge in [0.15, 0.2) is 0 Å². The van der Waals surface area contributed by atoms with Crippen molar-refractivity contribution in [3.8, 4) is 11.5 Å². The van der Waals surface area contributed by atoms with Crippen LogP contribution in [0, 0.1) is 0 Å². The summed E-state index contributed by atoms with van der Waals surface area (Å²) in [5.41, 5.74) is 5.67. The minimum atomic E-state index is -0.447. The third kappa shape index (κ3) is 5.47. The molecule has 0 aliphatic rings. The average molecular weight is 340 g/mol. The molecule has 0 aliphatic carbocycles. The first kappa shape index (κ1) is 17.7. The van der Waals surface area contributed by atoms with E-state index >= 15 is 0 Å². The van der Waals surface area contributed by atoms with Crippen LogP contribution in [0.3, 0.4) is 0 Å². The van der Waals surface area contributed by atoms with Crippen LogP contribution < -0.4 is 10.9 Å². The molecule has 0 aliphatic heterocycles. The lowest BCUT2D eigenvalue weighted by Gasteiger charge is -2.01. The molecule has 0 bridgehead atoms. The van der Waals surface area contributed by atoms with Crippen molar-refractivity contribution in [3.63, 3.8) is 0 Å². The van der Waals surface area contributed by atoms with Crippen LogP contribution in [0.15, 0.2) is 58.7 Å². The van der Waals surface area contributed by atoms with Crippen molar-refractivity contribution < 1.29 is 19.8 Å². The number of nitrogens with one attached hydrogen (secondary N) is 2. The highest BCUT2D eigenvalue weighted by molar-refractivity contribution is 6.29. The number of hydrogen-bond donors (Lipinski definition) is 4. The summed E-state index contributed by atoms with van der Waals surface area (Å²) in [6.07, 6.45) is 1.27. The molecule has 0 aromatic heterocycles. The molecule has 0 heterocycles. The number of carbonyl (C=O) groups excluding carboxylic acids is 2. The van der Waals surface area contributed by atoms with Gasteiger partial charge in [-0.05, 0) is 55.5 Å². The first-order valence-electron chi connectivity index (χ1n) is 7.22. The molecule has 128 valence electrons. The normalized spacial score (nSPS) is 11.3. The van der Waals surface area contributed by atoms with Gasteiger partial charge in [0.25, 0.3) is 11.8 Å². The lowest BCUT2D eigenvalue weighted by Crippen LogP contribution is -2.21. The molecule has 0 saturated heterocycles. The number of phenolic OH excluding ortho intramolecular Hbond substituents is 2. The van der Waals surface area contributed by atoms with Gasteiger partial charge in [0, 0.05) is 11.1 Å². The summed E-state index contributed by atoms with van der Waals surface area (Å²) < 4.78 is 0. The number of nitrogens with zero attached hydrogens (tertiary/aromatic N) is 2. The number of amides is 2. The Labute approximate surface area is 143 Å². The van der Waals surface area contributed by atoms with Crippen LogP contribution >= 0.6 is 0 Å². The van der Waals surface area contributed by atoms with Gasteiger partial charge in [-0.3, -0.25) is 9.59 Å². The van der Waals surface area contributed by atoms with Gasteiger partial charge in [-0.25, -0.2) is 10.9 Å². The Bertz CT molecular complexity index is 812. The van der Waals surface area contributed by atoms with E-state index < -0.39 is 11.8 Å². The number of aromatic hydroxyl groups is 2. The van der Waals surface area contributed by atoms with E-state index in [-0.39, 0.29) is 11.5 Å². The second-order valence-electron chi connectivity index (χ2n) is 4.99. The van der Waals surface area contributed by atoms with E-state index in [0.29, 0.717) is 16.8 Å². The fourth-order valence-corrected chi connectivity index (χ4v) is 1.71. The van der Waals surface area contributed by atoms with Crippen molar-refractivity contribution in [2.75, 3.05) is 0 Å². The molecule has 2 aromatic carbocycles. The molecule has 0 spiro atoms. The van der Waals surface area contributed by atoms with E-state index in [2.05, 4.69) is 21.1 Å². The highest BCUT2D eigenvalue weighted by atomic mass is 16.3. The van der Waals surface area contributed by atoms with Gasteiger partial charge in [0.05, 0.1) is 11.9 Å². The molecule has 2 amide bonds. The van der Waals surface area contributed by atoms with Crippen LogP contribution in [0.5, 0.6) is 11.5 Å². The maximum absolute atomic E-state index is 11.8. The van der Waals surface area contributed by atoms with Gasteiger partial charge in [0.2, 0.25) is 0 Å². The second-order valence-corrected chi connectivity index (χ2v) is 4.99. The van der Waals surface area contributed by atoms with E-state index in [1.807, 2.05) is 0 Å². The quantitative estimate of drug-likeness (QED) is 0.488. The molecule has 4 N–H and O–H groups in total. The molecule has 2 rings (SSSR count). The lowest BCUT2D eigenvalue weighted by atomic mass is 10.2. The molecule has 0 fully saturated rings. The van der Waals surface area contributed by atoms with E-state index in [4.69, 9.17) is 5.11 Å². The lowest BCUT2D eigenvalue weighted by molar-refractivity contribution is 0.0946. The van der Waals surface area contributed by atoms with Crippen molar-refractivity contribution in [1.29, 1.82) is 0 Å². The van der Waals surface area contributed by atoms with Crippen molar-refractivity contribution >= 4 is 23.7 Å². The molecular formula is C17H16N4O4. The average Bonchev–Trinajstić information content (AvgIpc) is 2.60. The smallest absolute Gasteiger partial charge is 0.271 e. The van der Waals surface area contributed by atoms with Crippen molar-refractivity contribution in [2.24, 2.45) is 10.2 Å². The Balaban J connectivity index is 1.86. The van der Waals surface area contributed by atoms with Crippen molar-refractivity contribution in [2.45, 2.75) is 6.92 Å². The predicted octanol–water partition coefficient (Wildman–Crippen LogP) is 1.62. The maximum Gasteiger partial charge on any atom is 0.271 e. The van der Waals surface area contributed by atoms with E-state index in [9.17, 15) is 14.7 Å². The Morgan fingerprint density at radius 3 is 1.76 bits per heavy atom. The minimum Gasteiger partial charge on any atom is -0.508 e. The molecular weight excluding hydrogens is 324 g/mol. The zero-order valence-electron chi connectivity index (χ0n) is 13.3. The first-order chi connectivity index (χ1) is 12.0. The third-order valence-electron chi connectivity index (χ3n) is 3.01. The number of hydrogen-bond acceptors (Lipinski definition) is 6. The molecule has 25 heavy (non-hydrogen) atoms. The second kappa shape index (κ2) is 8.25. The summed E-state index contributed by atoms with van der Waals surface area (Å²) in [6.45, 7) is 1.59. The van der Waals surface area contributed by atoms with E-state index in [1.54, 1.807) is 6.92 Å². The van der Waals surface area contributed by atoms with Gasteiger partial charge in [0.1, 0.15) is 11.5 Å². The van der Waals surface area contributed by atoms with E-state index in [0.717, 1.165) is 0 Å². The zero-order valence-corrected chi connectivity index (χ0v) is 13.3. The number of hydrazone groups is 2. The van der Waals surface area contributed by atoms with Crippen LogP contribution in [0.25, 0.3) is 0 Å². The number of carbonyl (C=O) groups is 2. The predicted molar refractivity (Wildman–Crippen MR) is 92.7 cm³/mol. The van der Waals surface area contributed by atoms with Crippen LogP contribution in [0.4, 0.5) is 0 Å². The zero-order chi connectivity index (χ0) is 18.2. The molecule has 0 saturated carbocycles. The molecule has 0 atom stereocenters. The van der Waals surface area contributed by atoms with Gasteiger partial charge < -0.3 is 10.2 Å². The van der Waals surface area contributed by atoms with Crippen molar-refractivity contribution in [1.82, 2.24) is 10.9 Å². The minimum absolute atomic E-state index is 0.0624. The van der Waals surface area contributed by atoms with Gasteiger partial charge >= 0.3 is 0 Å². The van der Waals surface area contributed by atoms with Gasteiger partial charge in [-0.1, -0.05) is 0 Å². The molecule has 2 aromatic rings. The topological polar surface area (TPSA) is 123 Å². The highest BCUT2D eigenvalue weighted by Gasteiger charge is 2.04. The number of rotatable bonds is 5. The third-order valence-corrected chi connectivity index (χ3v) is 3.01. The molecule has 0 unspecified atom stereocenters. The summed E-state index contributed by atoms with van der Waals surface area (Å²) >= 11 is 0. The van der Waals surface area contributed by atoms with Crippen LogP contribution in [-0.4, -0.2) is 34.0 Å². The monoisotopic (exact) mass is 340 g/mol. The summed E-state index contributed by atoms with van der Waals surface area (Å²) in [6, 6.07) is 11.4. The van der Waals surface area contributed by atoms with Crippen LogP contribution in [0.1, 0.15) is 27.6 Å². The van der Waals surface area contributed by atoms with Crippen LogP contribution in [-0.2, 0) is 0 Å². The maximum atomic E-state index is 11.8. The van der Waals surface area contributed by atoms with E-state index in [1.165, 1.54) is 54.7 Å². The fraction of sp³-hybridized carbons (Fsp3) is 0.0588. The Kier molecular flexibility index (Phi) is 5.83. The molecule has 0 radical (unpaired) electrons. The summed E-state index contributed by atoms with van der Waals surface area (Å²) in [5, 5.41) is 25.9. The van der Waals surface area contributed by atoms with Gasteiger partial charge in [-0.15, -0.1) is 0 Å². The Morgan fingerprint density at radius 1 is 0.840 bits per heavy atom. The highest BCUT2D eigenvalue weighted by Crippen LogP contribution is 2.10. The Hall–Kier alpha value is -3.68. The first-order valence-corrected chi connectivity index (χ1v) is 7.22. The largest absolute Gasteiger partial charge is 0.508 e. The summed E-state index contributed by atoms with van der Waals surface area (Å²) in [4.78, 5) is 23.6. The van der Waals surface area contributed by atoms with Crippen LogP contribution in [0.2, 0.25) is 0 Å². The number of phenols is 2. The van der Waals surface area contributed by atoms with Gasteiger partial charge in [-0.2, -0.15) is 10.2 Å². The SMILES string of the molecule is CC(C=NNC(=O)c1ccc(O)cc1)=NNC(=O)c1ccc(O)cc1. The number of benzene rings is 2. The molecule has 8 heteroatoms. The summed E-state index contributed by atoms with van der Waals surface area (Å²) in [7, 11) is 0. The Morgan fingerprint density at radius 2 is 1.28 bits per heavy atom. The standard InChI is InChI=1S/C17H16N4O4/c1-11(19-21-17(25)13-4-8-15(23)9-5-13)10-18-20-16(24)12-2-6-14(22)7-3-12/h2-10,22-23H,1H3,(H,20,24)(H,21,25). The molecule has 8 nitrogen and oxygen atoms in total. The van der Waals surface area contributed by atoms with Crippen molar-refractivity contribution in [3.05, 3.63) is 59.7 Å². The fourth-order valence-electron chi connectivity index (χ4n) is 1.71.